The monoisotopic (exact) mass is 313 g/mol. The zero-order chi connectivity index (χ0) is 14.5. The second-order valence-corrected chi connectivity index (χ2v) is 4.94. The lowest BCUT2D eigenvalue weighted by molar-refractivity contribution is 0.326. The van der Waals surface area contributed by atoms with Gasteiger partial charge >= 0.3 is 0 Å². The molecule has 0 unspecified atom stereocenters. The fourth-order valence-electron chi connectivity index (χ4n) is 1.59. The molecule has 0 atom stereocenters. The third-order valence-electron chi connectivity index (χ3n) is 2.70. The summed E-state index contributed by atoms with van der Waals surface area (Å²) in [6.45, 7) is 1.01. The third-order valence-corrected chi connectivity index (χ3v) is 3.31. The number of hydrogen-bond acceptors (Lipinski definition) is 4. The summed E-state index contributed by atoms with van der Waals surface area (Å²) < 4.78 is 5.57. The van der Waals surface area contributed by atoms with Gasteiger partial charge in [-0.3, -0.25) is 4.79 Å². The summed E-state index contributed by atoms with van der Waals surface area (Å²) in [7, 11) is 1.81. The lowest BCUT2D eigenvalue weighted by Crippen LogP contribution is -2.26. The molecule has 5 nitrogen and oxygen atoms in total. The van der Waals surface area contributed by atoms with Gasteiger partial charge in [-0.25, -0.2) is 5.10 Å². The Hall–Kier alpha value is -1.72. The van der Waals surface area contributed by atoms with Crippen molar-refractivity contribution in [3.63, 3.8) is 0 Å². The van der Waals surface area contributed by atoms with Crippen molar-refractivity contribution >= 4 is 28.9 Å². The number of aromatic amines is 1. The van der Waals surface area contributed by atoms with Gasteiger partial charge in [-0.05, 0) is 24.3 Å². The van der Waals surface area contributed by atoms with Crippen LogP contribution in [0.4, 0.5) is 5.69 Å². The van der Waals surface area contributed by atoms with Gasteiger partial charge in [0.15, 0.2) is 0 Å². The Balaban J connectivity index is 1.92. The average Bonchev–Trinajstić information content (AvgIpc) is 2.44. The molecule has 0 aliphatic rings. The van der Waals surface area contributed by atoms with Crippen LogP contribution < -0.4 is 15.2 Å². The van der Waals surface area contributed by atoms with E-state index < -0.39 is 5.56 Å². The quantitative estimate of drug-likeness (QED) is 0.921. The molecule has 2 aromatic rings. The maximum atomic E-state index is 11.4. The number of hydrogen-bond donors (Lipinski definition) is 1. The first-order valence-electron chi connectivity index (χ1n) is 5.90. The molecule has 0 saturated carbocycles. The molecule has 1 N–H and O–H groups in total. The van der Waals surface area contributed by atoms with Gasteiger partial charge in [-0.1, -0.05) is 23.2 Å². The first-order chi connectivity index (χ1) is 9.58. The maximum absolute atomic E-state index is 11.4. The number of rotatable bonds is 5. The molecule has 1 aromatic carbocycles. The molecule has 7 heteroatoms. The van der Waals surface area contributed by atoms with E-state index in [1.165, 1.54) is 6.20 Å². The van der Waals surface area contributed by atoms with Crippen molar-refractivity contribution in [3.8, 4) is 5.75 Å². The van der Waals surface area contributed by atoms with E-state index in [0.717, 1.165) is 5.75 Å². The van der Waals surface area contributed by atoms with Crippen molar-refractivity contribution in [1.29, 1.82) is 0 Å². The summed E-state index contributed by atoms with van der Waals surface area (Å²) in [5.74, 6) is 0.734. The second-order valence-electron chi connectivity index (χ2n) is 4.12. The Kier molecular flexibility index (Phi) is 4.87. The van der Waals surface area contributed by atoms with Crippen molar-refractivity contribution in [2.75, 3.05) is 25.1 Å². The minimum atomic E-state index is -0.408. The lowest BCUT2D eigenvalue weighted by Gasteiger charge is -2.19. The summed E-state index contributed by atoms with van der Waals surface area (Å²) in [6, 6.07) is 7.12. The van der Waals surface area contributed by atoms with Crippen LogP contribution in [0.2, 0.25) is 10.0 Å². The van der Waals surface area contributed by atoms with Crippen LogP contribution in [0.5, 0.6) is 5.75 Å². The Labute approximate surface area is 126 Å². The van der Waals surface area contributed by atoms with E-state index in [-0.39, 0.29) is 5.02 Å². The minimum absolute atomic E-state index is 0.119. The van der Waals surface area contributed by atoms with Crippen LogP contribution in [0.15, 0.2) is 35.3 Å². The Bertz CT molecular complexity index is 628. The van der Waals surface area contributed by atoms with E-state index in [2.05, 4.69) is 10.2 Å². The fourth-order valence-corrected chi connectivity index (χ4v) is 1.95. The summed E-state index contributed by atoms with van der Waals surface area (Å²) in [6.07, 6.45) is 1.51. The number of nitrogens with one attached hydrogen (secondary N) is 1. The van der Waals surface area contributed by atoms with Crippen molar-refractivity contribution in [2.24, 2.45) is 0 Å². The highest BCUT2D eigenvalue weighted by atomic mass is 35.5. The predicted octanol–water partition coefficient (Wildman–Crippen LogP) is 2.59. The molecule has 20 heavy (non-hydrogen) atoms. The Morgan fingerprint density at radius 3 is 2.70 bits per heavy atom. The largest absolute Gasteiger partial charge is 0.492 e. The standard InChI is InChI=1S/C13H13Cl2N3O2/c1-18(11-8-16-17-13(19)12(11)15)6-7-20-10-4-2-9(14)3-5-10/h2-5,8H,6-7H2,1H3,(H,17,19). The lowest BCUT2D eigenvalue weighted by atomic mass is 10.3. The van der Waals surface area contributed by atoms with Crippen LogP contribution in [-0.2, 0) is 0 Å². The highest BCUT2D eigenvalue weighted by molar-refractivity contribution is 6.33. The number of H-pyrrole nitrogens is 1. The third kappa shape index (κ3) is 3.65. The molecule has 1 heterocycles. The molecule has 0 aliphatic carbocycles. The van der Waals surface area contributed by atoms with Crippen LogP contribution in [0.3, 0.4) is 0 Å². The number of aromatic nitrogens is 2. The molecule has 0 bridgehead atoms. The van der Waals surface area contributed by atoms with E-state index in [1.807, 2.05) is 7.05 Å². The van der Waals surface area contributed by atoms with Crippen molar-refractivity contribution in [2.45, 2.75) is 0 Å². The van der Waals surface area contributed by atoms with E-state index >= 15 is 0 Å². The number of likely N-dealkylation sites (N-methyl/N-ethyl adjacent to an activating group) is 1. The molecular weight excluding hydrogens is 301 g/mol. The minimum Gasteiger partial charge on any atom is -0.492 e. The highest BCUT2D eigenvalue weighted by Crippen LogP contribution is 2.19. The summed E-state index contributed by atoms with van der Waals surface area (Å²) in [5.41, 5.74) is 0.157. The topological polar surface area (TPSA) is 58.2 Å². The molecular formula is C13H13Cl2N3O2. The molecule has 0 fully saturated rings. The molecule has 0 aliphatic heterocycles. The van der Waals surface area contributed by atoms with Gasteiger partial charge in [0.05, 0.1) is 18.4 Å². The molecule has 0 amide bonds. The van der Waals surface area contributed by atoms with Crippen molar-refractivity contribution in [1.82, 2.24) is 10.2 Å². The van der Waals surface area contributed by atoms with Gasteiger partial charge in [0.1, 0.15) is 17.4 Å². The summed E-state index contributed by atoms with van der Waals surface area (Å²) >= 11 is 11.7. The van der Waals surface area contributed by atoms with Gasteiger partial charge in [0.25, 0.3) is 5.56 Å². The Morgan fingerprint density at radius 2 is 2.00 bits per heavy atom. The first kappa shape index (κ1) is 14.7. The van der Waals surface area contributed by atoms with Crippen LogP contribution in [-0.4, -0.2) is 30.4 Å². The van der Waals surface area contributed by atoms with Crippen molar-refractivity contribution < 1.29 is 4.74 Å². The zero-order valence-electron chi connectivity index (χ0n) is 10.8. The smallest absolute Gasteiger partial charge is 0.285 e. The molecule has 106 valence electrons. The summed E-state index contributed by atoms with van der Waals surface area (Å²) in [5, 5.41) is 6.78. The predicted molar refractivity (Wildman–Crippen MR) is 80.1 cm³/mol. The van der Waals surface area contributed by atoms with Crippen LogP contribution in [0.1, 0.15) is 0 Å². The van der Waals surface area contributed by atoms with Gasteiger partial charge in [0.2, 0.25) is 0 Å². The van der Waals surface area contributed by atoms with E-state index in [9.17, 15) is 4.79 Å². The Morgan fingerprint density at radius 1 is 1.30 bits per heavy atom. The number of ether oxygens (including phenoxy) is 1. The van der Waals surface area contributed by atoms with E-state index in [1.54, 1.807) is 29.2 Å². The molecule has 2 rings (SSSR count). The highest BCUT2D eigenvalue weighted by Gasteiger charge is 2.09. The maximum Gasteiger partial charge on any atom is 0.285 e. The number of anilines is 1. The van der Waals surface area contributed by atoms with Gasteiger partial charge in [0, 0.05) is 12.1 Å². The number of benzene rings is 1. The molecule has 0 spiro atoms. The van der Waals surface area contributed by atoms with E-state index in [0.29, 0.717) is 23.9 Å². The van der Waals surface area contributed by atoms with Crippen molar-refractivity contribution in [3.05, 3.63) is 50.9 Å². The molecule has 0 saturated heterocycles. The zero-order valence-corrected chi connectivity index (χ0v) is 12.3. The van der Waals surface area contributed by atoms with Gasteiger partial charge in [-0.15, -0.1) is 0 Å². The van der Waals surface area contributed by atoms with Crippen LogP contribution in [0.25, 0.3) is 0 Å². The van der Waals surface area contributed by atoms with Gasteiger partial charge < -0.3 is 9.64 Å². The van der Waals surface area contributed by atoms with E-state index in [4.69, 9.17) is 27.9 Å². The second kappa shape index (κ2) is 6.63. The first-order valence-corrected chi connectivity index (χ1v) is 6.66. The summed E-state index contributed by atoms with van der Waals surface area (Å²) in [4.78, 5) is 13.2. The van der Waals surface area contributed by atoms with Crippen LogP contribution >= 0.6 is 23.2 Å². The average molecular weight is 314 g/mol. The van der Waals surface area contributed by atoms with Gasteiger partial charge in [-0.2, -0.15) is 5.10 Å². The van der Waals surface area contributed by atoms with Crippen LogP contribution in [0, 0.1) is 0 Å². The molecule has 1 aromatic heterocycles. The SMILES string of the molecule is CN(CCOc1ccc(Cl)cc1)c1cn[nH]c(=O)c1Cl. The number of halogens is 2. The fraction of sp³-hybridized carbons (Fsp3) is 0.231. The number of nitrogens with zero attached hydrogens (tertiary/aromatic N) is 2. The normalized spacial score (nSPS) is 10.3. The molecule has 0 radical (unpaired) electrons.